The second-order valence-electron chi connectivity index (χ2n) is 5.91. The highest BCUT2D eigenvalue weighted by Crippen LogP contribution is 2.38. The first-order valence-electron chi connectivity index (χ1n) is 6.36. The van der Waals surface area contributed by atoms with Gasteiger partial charge in [0.25, 0.3) is 0 Å². The summed E-state index contributed by atoms with van der Waals surface area (Å²) < 4.78 is 0.960. The first-order valence-corrected chi connectivity index (χ1v) is 7.16. The summed E-state index contributed by atoms with van der Waals surface area (Å²) in [7, 11) is 1.87. The highest BCUT2D eigenvalue weighted by Gasteiger charge is 2.33. The van der Waals surface area contributed by atoms with Crippen molar-refractivity contribution in [1.82, 2.24) is 9.97 Å². The number of anilines is 2. The minimum Gasteiger partial charge on any atom is -0.372 e. The van der Waals surface area contributed by atoms with Crippen LogP contribution >= 0.6 is 15.9 Å². The summed E-state index contributed by atoms with van der Waals surface area (Å²) in [6, 6.07) is 0. The minimum atomic E-state index is 0.361. The molecule has 100 valence electrons. The maximum Gasteiger partial charge on any atom is 0.148 e. The summed E-state index contributed by atoms with van der Waals surface area (Å²) in [5.74, 6) is 2.57. The Bertz CT molecular complexity index is 427. The Morgan fingerprint density at radius 1 is 1.39 bits per heavy atom. The molecule has 4 nitrogen and oxygen atoms in total. The molecule has 2 heterocycles. The van der Waals surface area contributed by atoms with E-state index >= 15 is 0 Å². The molecule has 0 saturated carbocycles. The van der Waals surface area contributed by atoms with Gasteiger partial charge in [0.2, 0.25) is 0 Å². The van der Waals surface area contributed by atoms with Crippen molar-refractivity contribution in [2.45, 2.75) is 27.2 Å². The van der Waals surface area contributed by atoms with Gasteiger partial charge < -0.3 is 10.2 Å². The van der Waals surface area contributed by atoms with Crippen LogP contribution in [0.25, 0.3) is 0 Å². The van der Waals surface area contributed by atoms with Crippen LogP contribution in [0.4, 0.5) is 11.6 Å². The van der Waals surface area contributed by atoms with E-state index in [0.29, 0.717) is 5.41 Å². The average molecular weight is 313 g/mol. The highest BCUT2D eigenvalue weighted by atomic mass is 79.9. The molecule has 1 aromatic heterocycles. The lowest BCUT2D eigenvalue weighted by atomic mass is 9.80. The van der Waals surface area contributed by atoms with E-state index in [4.69, 9.17) is 0 Å². The molecule has 1 unspecified atom stereocenters. The predicted octanol–water partition coefficient (Wildman–Crippen LogP) is 3.15. The molecule has 0 aliphatic carbocycles. The van der Waals surface area contributed by atoms with Gasteiger partial charge >= 0.3 is 0 Å². The average Bonchev–Trinajstić information content (AvgIpc) is 2.78. The molecule has 0 amide bonds. The van der Waals surface area contributed by atoms with Gasteiger partial charge in [0.05, 0.1) is 0 Å². The van der Waals surface area contributed by atoms with Crippen molar-refractivity contribution in [3.8, 4) is 0 Å². The Morgan fingerprint density at radius 3 is 2.67 bits per heavy atom. The Balaban J connectivity index is 2.20. The van der Waals surface area contributed by atoms with E-state index in [-0.39, 0.29) is 0 Å². The van der Waals surface area contributed by atoms with Crippen molar-refractivity contribution in [3.63, 3.8) is 0 Å². The topological polar surface area (TPSA) is 41.1 Å². The lowest BCUT2D eigenvalue weighted by molar-refractivity contribution is 0.263. The van der Waals surface area contributed by atoms with E-state index in [1.165, 1.54) is 6.42 Å². The number of nitrogens with zero attached hydrogens (tertiary/aromatic N) is 3. The summed E-state index contributed by atoms with van der Waals surface area (Å²) in [4.78, 5) is 11.0. The van der Waals surface area contributed by atoms with E-state index in [0.717, 1.165) is 35.1 Å². The molecular formula is C13H21BrN4. The SMILES string of the molecule is CNc1ncnc(N2CCC(C(C)(C)C)C2)c1Br. The van der Waals surface area contributed by atoms with Crippen LogP contribution in [0.5, 0.6) is 0 Å². The molecule has 2 rings (SSSR count). The molecule has 0 bridgehead atoms. The lowest BCUT2D eigenvalue weighted by Gasteiger charge is -2.27. The predicted molar refractivity (Wildman–Crippen MR) is 79.1 cm³/mol. The third-order valence-electron chi connectivity index (χ3n) is 3.72. The van der Waals surface area contributed by atoms with Crippen molar-refractivity contribution in [2.75, 3.05) is 30.4 Å². The highest BCUT2D eigenvalue weighted by molar-refractivity contribution is 9.10. The molecule has 0 spiro atoms. The number of hydrogen-bond acceptors (Lipinski definition) is 4. The van der Waals surface area contributed by atoms with Crippen molar-refractivity contribution < 1.29 is 0 Å². The molecule has 1 saturated heterocycles. The molecule has 1 atom stereocenters. The smallest absolute Gasteiger partial charge is 0.148 e. The van der Waals surface area contributed by atoms with Crippen LogP contribution in [0.15, 0.2) is 10.8 Å². The minimum absolute atomic E-state index is 0.361. The maximum absolute atomic E-state index is 4.41. The molecule has 1 aliphatic rings. The molecule has 1 fully saturated rings. The van der Waals surface area contributed by atoms with Crippen LogP contribution < -0.4 is 10.2 Å². The number of halogens is 1. The number of rotatable bonds is 2. The second kappa shape index (κ2) is 5.03. The normalized spacial score (nSPS) is 20.3. The Morgan fingerprint density at radius 2 is 2.11 bits per heavy atom. The quantitative estimate of drug-likeness (QED) is 0.910. The third-order valence-corrected chi connectivity index (χ3v) is 4.45. The van der Waals surface area contributed by atoms with E-state index in [1.54, 1.807) is 6.33 Å². The fourth-order valence-corrected chi connectivity index (χ4v) is 3.07. The van der Waals surface area contributed by atoms with Crippen LogP contribution in [-0.2, 0) is 0 Å². The number of aromatic nitrogens is 2. The monoisotopic (exact) mass is 312 g/mol. The Hall–Kier alpha value is -0.840. The molecule has 1 N–H and O–H groups in total. The van der Waals surface area contributed by atoms with Gasteiger partial charge in [-0.1, -0.05) is 20.8 Å². The number of hydrogen-bond donors (Lipinski definition) is 1. The largest absolute Gasteiger partial charge is 0.372 e. The van der Waals surface area contributed by atoms with Gasteiger partial charge in [-0.2, -0.15) is 0 Å². The molecule has 1 aliphatic heterocycles. The van der Waals surface area contributed by atoms with Crippen LogP contribution in [-0.4, -0.2) is 30.1 Å². The fraction of sp³-hybridized carbons (Fsp3) is 0.692. The van der Waals surface area contributed by atoms with Gasteiger partial charge in [-0.3, -0.25) is 0 Å². The van der Waals surface area contributed by atoms with Gasteiger partial charge in [0, 0.05) is 20.1 Å². The molecule has 18 heavy (non-hydrogen) atoms. The van der Waals surface area contributed by atoms with Crippen LogP contribution in [0.2, 0.25) is 0 Å². The van der Waals surface area contributed by atoms with E-state index in [9.17, 15) is 0 Å². The van der Waals surface area contributed by atoms with Crippen molar-refractivity contribution >= 4 is 27.6 Å². The summed E-state index contributed by atoms with van der Waals surface area (Å²) >= 11 is 3.59. The van der Waals surface area contributed by atoms with Gasteiger partial charge in [0.15, 0.2) is 0 Å². The van der Waals surface area contributed by atoms with Crippen molar-refractivity contribution in [1.29, 1.82) is 0 Å². The second-order valence-corrected chi connectivity index (χ2v) is 6.70. The van der Waals surface area contributed by atoms with Gasteiger partial charge in [0.1, 0.15) is 22.4 Å². The first-order chi connectivity index (χ1) is 8.43. The molecular weight excluding hydrogens is 292 g/mol. The number of nitrogens with one attached hydrogen (secondary N) is 1. The van der Waals surface area contributed by atoms with Gasteiger partial charge in [-0.05, 0) is 33.7 Å². The van der Waals surface area contributed by atoms with E-state index in [1.807, 2.05) is 7.05 Å². The first kappa shape index (κ1) is 13.6. The summed E-state index contributed by atoms with van der Waals surface area (Å²) in [5, 5.41) is 3.08. The van der Waals surface area contributed by atoms with E-state index < -0.39 is 0 Å². The zero-order chi connectivity index (χ0) is 13.3. The van der Waals surface area contributed by atoms with Crippen LogP contribution in [0.1, 0.15) is 27.2 Å². The standard InChI is InChI=1S/C13H21BrN4/c1-13(2,3)9-5-6-18(7-9)12-10(14)11(15-4)16-8-17-12/h8-9H,5-7H2,1-4H3,(H,15,16,17). The Kier molecular flexibility index (Phi) is 3.80. The zero-order valence-corrected chi connectivity index (χ0v) is 13.1. The maximum atomic E-state index is 4.41. The van der Waals surface area contributed by atoms with Gasteiger partial charge in [-0.25, -0.2) is 9.97 Å². The molecule has 5 heteroatoms. The summed E-state index contributed by atoms with van der Waals surface area (Å²) in [6.07, 6.45) is 2.85. The van der Waals surface area contributed by atoms with Crippen molar-refractivity contribution in [2.24, 2.45) is 11.3 Å². The lowest BCUT2D eigenvalue weighted by Crippen LogP contribution is -2.26. The summed E-state index contributed by atoms with van der Waals surface area (Å²) in [5.41, 5.74) is 0.361. The van der Waals surface area contributed by atoms with E-state index in [2.05, 4.69) is 56.9 Å². The fourth-order valence-electron chi connectivity index (χ4n) is 2.41. The molecule has 0 radical (unpaired) electrons. The summed E-state index contributed by atoms with van der Waals surface area (Å²) in [6.45, 7) is 9.09. The molecule has 0 aromatic carbocycles. The van der Waals surface area contributed by atoms with Crippen molar-refractivity contribution in [3.05, 3.63) is 10.8 Å². The Labute approximate surface area is 117 Å². The molecule has 1 aromatic rings. The van der Waals surface area contributed by atoms with Crippen LogP contribution in [0, 0.1) is 11.3 Å². The zero-order valence-electron chi connectivity index (χ0n) is 11.5. The van der Waals surface area contributed by atoms with Crippen LogP contribution in [0.3, 0.4) is 0 Å². The van der Waals surface area contributed by atoms with Gasteiger partial charge in [-0.15, -0.1) is 0 Å². The third kappa shape index (κ3) is 2.60.